The molecule has 1 aliphatic carbocycles. The third kappa shape index (κ3) is 3.63. The van der Waals surface area contributed by atoms with Gasteiger partial charge in [-0.15, -0.1) is 0 Å². The Morgan fingerprint density at radius 1 is 1.16 bits per heavy atom. The van der Waals surface area contributed by atoms with Gasteiger partial charge in [-0.1, -0.05) is 43.1 Å². The van der Waals surface area contributed by atoms with E-state index in [1.807, 2.05) is 12.1 Å². The molecule has 3 N–H and O–H groups in total. The molecule has 106 valence electrons. The Labute approximate surface area is 125 Å². The summed E-state index contributed by atoms with van der Waals surface area (Å²) in [5.74, 6) is 7.81. The fourth-order valence-corrected chi connectivity index (χ4v) is 4.04. The molecule has 1 aliphatic rings. The van der Waals surface area contributed by atoms with Gasteiger partial charge in [-0.25, -0.2) is 0 Å². The van der Waals surface area contributed by atoms with Gasteiger partial charge in [0, 0.05) is 10.0 Å². The van der Waals surface area contributed by atoms with E-state index >= 15 is 0 Å². The second-order valence-electron chi connectivity index (χ2n) is 5.99. The number of nitrogens with one attached hydrogen (secondary N) is 1. The van der Waals surface area contributed by atoms with Crippen molar-refractivity contribution in [2.75, 3.05) is 0 Å². The first kappa shape index (κ1) is 15.1. The van der Waals surface area contributed by atoms with Gasteiger partial charge in [-0.2, -0.15) is 0 Å². The molecular formula is C15H22Cl2N2. The highest BCUT2D eigenvalue weighted by Crippen LogP contribution is 2.41. The highest BCUT2D eigenvalue weighted by atomic mass is 35.5. The molecule has 2 nitrogen and oxygen atoms in total. The summed E-state index contributed by atoms with van der Waals surface area (Å²) < 4.78 is 0. The molecule has 19 heavy (non-hydrogen) atoms. The summed E-state index contributed by atoms with van der Waals surface area (Å²) in [7, 11) is 0. The summed E-state index contributed by atoms with van der Waals surface area (Å²) in [6.45, 7) is 4.64. The minimum Gasteiger partial charge on any atom is -0.271 e. The van der Waals surface area contributed by atoms with E-state index in [-0.39, 0.29) is 6.04 Å². The van der Waals surface area contributed by atoms with Crippen molar-refractivity contribution in [3.63, 3.8) is 0 Å². The minimum atomic E-state index is 0.106. The van der Waals surface area contributed by atoms with Crippen LogP contribution in [0.3, 0.4) is 0 Å². The second-order valence-corrected chi connectivity index (χ2v) is 6.83. The summed E-state index contributed by atoms with van der Waals surface area (Å²) in [5.41, 5.74) is 4.02. The lowest BCUT2D eigenvalue weighted by molar-refractivity contribution is 0.177. The number of nitrogens with two attached hydrogens (primary N) is 1. The standard InChI is InChI=1S/C15H22Cl2N2/c1-9-5-10(2)7-11(6-9)15(19-18)13-4-3-12(16)8-14(13)17/h3-4,8-11,15,19H,5-7,18H2,1-2H3. The number of rotatable bonds is 3. The van der Waals surface area contributed by atoms with Gasteiger partial charge in [-0.05, 0) is 54.7 Å². The quantitative estimate of drug-likeness (QED) is 0.634. The molecule has 0 amide bonds. The lowest BCUT2D eigenvalue weighted by Crippen LogP contribution is -2.37. The number of halogens is 2. The molecule has 1 aromatic carbocycles. The maximum absolute atomic E-state index is 6.32. The largest absolute Gasteiger partial charge is 0.271 e. The smallest absolute Gasteiger partial charge is 0.0503 e. The van der Waals surface area contributed by atoms with Gasteiger partial charge in [0.2, 0.25) is 0 Å². The van der Waals surface area contributed by atoms with Crippen LogP contribution in [0.4, 0.5) is 0 Å². The molecule has 0 radical (unpaired) electrons. The van der Waals surface area contributed by atoms with Crippen LogP contribution in [-0.2, 0) is 0 Å². The topological polar surface area (TPSA) is 38.0 Å². The summed E-state index contributed by atoms with van der Waals surface area (Å²) in [6, 6.07) is 5.76. The lowest BCUT2D eigenvalue weighted by atomic mass is 9.72. The van der Waals surface area contributed by atoms with Crippen molar-refractivity contribution < 1.29 is 0 Å². The third-order valence-electron chi connectivity index (χ3n) is 4.16. The zero-order valence-electron chi connectivity index (χ0n) is 11.5. The molecule has 3 unspecified atom stereocenters. The van der Waals surface area contributed by atoms with Gasteiger partial charge in [0.1, 0.15) is 0 Å². The monoisotopic (exact) mass is 300 g/mol. The fraction of sp³-hybridized carbons (Fsp3) is 0.600. The Morgan fingerprint density at radius 3 is 2.32 bits per heavy atom. The van der Waals surface area contributed by atoms with Crippen LogP contribution in [0.25, 0.3) is 0 Å². The van der Waals surface area contributed by atoms with Crippen LogP contribution < -0.4 is 11.3 Å². The van der Waals surface area contributed by atoms with E-state index in [1.165, 1.54) is 19.3 Å². The molecule has 0 heterocycles. The van der Waals surface area contributed by atoms with Gasteiger partial charge < -0.3 is 0 Å². The van der Waals surface area contributed by atoms with Gasteiger partial charge in [0.05, 0.1) is 6.04 Å². The van der Waals surface area contributed by atoms with Crippen molar-refractivity contribution in [1.29, 1.82) is 0 Å². The Kier molecular flexibility index (Phi) is 5.13. The van der Waals surface area contributed by atoms with E-state index in [4.69, 9.17) is 29.0 Å². The van der Waals surface area contributed by atoms with Gasteiger partial charge >= 0.3 is 0 Å². The lowest BCUT2D eigenvalue weighted by Gasteiger charge is -2.36. The maximum atomic E-state index is 6.32. The van der Waals surface area contributed by atoms with Crippen LogP contribution in [0, 0.1) is 17.8 Å². The number of hydrogen-bond donors (Lipinski definition) is 2. The molecule has 0 aliphatic heterocycles. The van der Waals surface area contributed by atoms with Gasteiger partial charge in [0.15, 0.2) is 0 Å². The molecule has 0 bridgehead atoms. The molecule has 4 heteroatoms. The Morgan fingerprint density at radius 2 is 1.79 bits per heavy atom. The van der Waals surface area contributed by atoms with Crippen LogP contribution >= 0.6 is 23.2 Å². The van der Waals surface area contributed by atoms with Crippen LogP contribution in [0.2, 0.25) is 10.0 Å². The normalized spacial score (nSPS) is 29.2. The first-order valence-corrected chi connectivity index (χ1v) is 7.68. The number of hydrogen-bond acceptors (Lipinski definition) is 2. The van der Waals surface area contributed by atoms with Crippen LogP contribution in [-0.4, -0.2) is 0 Å². The fourth-order valence-electron chi connectivity index (χ4n) is 3.51. The van der Waals surface area contributed by atoms with Crippen molar-refractivity contribution in [1.82, 2.24) is 5.43 Å². The average Bonchev–Trinajstić information content (AvgIpc) is 2.31. The molecule has 0 spiro atoms. The van der Waals surface area contributed by atoms with Crippen LogP contribution in [0.5, 0.6) is 0 Å². The average molecular weight is 301 g/mol. The van der Waals surface area contributed by atoms with E-state index in [0.29, 0.717) is 16.0 Å². The number of benzene rings is 1. The number of hydrazine groups is 1. The van der Waals surface area contributed by atoms with E-state index in [0.717, 1.165) is 17.4 Å². The Hall–Kier alpha value is -0.280. The van der Waals surface area contributed by atoms with Crippen LogP contribution in [0.1, 0.15) is 44.7 Å². The zero-order valence-corrected chi connectivity index (χ0v) is 13.0. The highest BCUT2D eigenvalue weighted by molar-refractivity contribution is 6.35. The molecule has 1 saturated carbocycles. The van der Waals surface area contributed by atoms with Gasteiger partial charge in [-0.3, -0.25) is 11.3 Å². The first-order chi connectivity index (χ1) is 9.01. The Balaban J connectivity index is 2.23. The molecule has 0 aromatic heterocycles. The predicted molar refractivity (Wildman–Crippen MR) is 82.2 cm³/mol. The second kappa shape index (κ2) is 6.45. The van der Waals surface area contributed by atoms with E-state index in [1.54, 1.807) is 6.07 Å². The maximum Gasteiger partial charge on any atom is 0.0503 e. The highest BCUT2D eigenvalue weighted by Gasteiger charge is 2.31. The molecule has 2 rings (SSSR count). The van der Waals surface area contributed by atoms with Crippen molar-refractivity contribution in [2.24, 2.45) is 23.6 Å². The van der Waals surface area contributed by atoms with Crippen molar-refractivity contribution in [3.05, 3.63) is 33.8 Å². The molecular weight excluding hydrogens is 279 g/mol. The minimum absolute atomic E-state index is 0.106. The SMILES string of the molecule is CC1CC(C)CC(C(NN)c2ccc(Cl)cc2Cl)C1. The predicted octanol–water partition coefficient (Wildman–Crippen LogP) is 4.57. The molecule has 1 fully saturated rings. The van der Waals surface area contributed by atoms with Crippen molar-refractivity contribution in [3.8, 4) is 0 Å². The first-order valence-electron chi connectivity index (χ1n) is 6.92. The zero-order chi connectivity index (χ0) is 14.0. The van der Waals surface area contributed by atoms with E-state index < -0.39 is 0 Å². The summed E-state index contributed by atoms with van der Waals surface area (Å²) in [6.07, 6.45) is 3.69. The van der Waals surface area contributed by atoms with Gasteiger partial charge in [0.25, 0.3) is 0 Å². The van der Waals surface area contributed by atoms with Crippen molar-refractivity contribution in [2.45, 2.75) is 39.2 Å². The van der Waals surface area contributed by atoms with Crippen LogP contribution in [0.15, 0.2) is 18.2 Å². The molecule has 3 atom stereocenters. The summed E-state index contributed by atoms with van der Waals surface area (Å²) in [4.78, 5) is 0. The summed E-state index contributed by atoms with van der Waals surface area (Å²) in [5, 5.41) is 1.36. The molecule has 0 saturated heterocycles. The third-order valence-corrected chi connectivity index (χ3v) is 4.73. The molecule has 1 aromatic rings. The van der Waals surface area contributed by atoms with Crippen molar-refractivity contribution >= 4 is 23.2 Å². The van der Waals surface area contributed by atoms with E-state index in [9.17, 15) is 0 Å². The Bertz CT molecular complexity index is 426. The van der Waals surface area contributed by atoms with E-state index in [2.05, 4.69) is 19.3 Å². The summed E-state index contributed by atoms with van der Waals surface area (Å²) >= 11 is 12.3.